The van der Waals surface area contributed by atoms with Gasteiger partial charge < -0.3 is 14.1 Å². The Morgan fingerprint density at radius 3 is 2.74 bits per heavy atom. The Kier molecular flexibility index (Phi) is 4.48. The van der Waals surface area contributed by atoms with Crippen LogP contribution in [0.4, 0.5) is 0 Å². The van der Waals surface area contributed by atoms with Crippen molar-refractivity contribution < 1.29 is 18.8 Å². The van der Waals surface area contributed by atoms with E-state index in [1.165, 1.54) is 12.0 Å². The van der Waals surface area contributed by atoms with E-state index in [9.17, 15) is 9.59 Å². The highest BCUT2D eigenvalue weighted by atomic mass is 16.5. The lowest BCUT2D eigenvalue weighted by molar-refractivity contribution is -0.919. The SMILES string of the molecule is COC(=O)C1CC[NH+](Cc2cc(=O)oc3cc(C)ccc23)CC1. The summed E-state index contributed by atoms with van der Waals surface area (Å²) in [6.07, 6.45) is 1.67. The summed E-state index contributed by atoms with van der Waals surface area (Å²) < 4.78 is 10.1. The fourth-order valence-electron chi connectivity index (χ4n) is 3.36. The van der Waals surface area contributed by atoms with Crippen LogP contribution in [0, 0.1) is 12.8 Å². The van der Waals surface area contributed by atoms with Crippen LogP contribution in [-0.4, -0.2) is 26.2 Å². The molecule has 2 heterocycles. The van der Waals surface area contributed by atoms with Crippen LogP contribution in [0.5, 0.6) is 0 Å². The number of aryl methyl sites for hydroxylation is 1. The number of quaternary nitrogens is 1. The van der Waals surface area contributed by atoms with Gasteiger partial charge in [0.25, 0.3) is 0 Å². The molecule has 1 N–H and O–H groups in total. The zero-order valence-electron chi connectivity index (χ0n) is 13.6. The minimum absolute atomic E-state index is 0.0176. The quantitative estimate of drug-likeness (QED) is 0.680. The number of esters is 1. The van der Waals surface area contributed by atoms with Crippen LogP contribution in [0.25, 0.3) is 11.0 Å². The molecule has 1 aliphatic heterocycles. The smallest absolute Gasteiger partial charge is 0.336 e. The molecule has 3 rings (SSSR count). The van der Waals surface area contributed by atoms with E-state index in [0.717, 1.165) is 49.0 Å². The molecule has 0 atom stereocenters. The summed E-state index contributed by atoms with van der Waals surface area (Å²) in [4.78, 5) is 24.8. The molecular weight excluding hydrogens is 294 g/mol. The number of rotatable bonds is 3. The molecule has 5 nitrogen and oxygen atoms in total. The normalized spacial score (nSPS) is 21.3. The molecule has 0 unspecified atom stereocenters. The number of piperidine rings is 1. The van der Waals surface area contributed by atoms with Gasteiger partial charge in [-0.1, -0.05) is 12.1 Å². The largest absolute Gasteiger partial charge is 0.469 e. The van der Waals surface area contributed by atoms with Gasteiger partial charge in [-0.15, -0.1) is 0 Å². The number of benzene rings is 1. The van der Waals surface area contributed by atoms with Gasteiger partial charge in [-0.05, 0) is 18.6 Å². The Hall–Kier alpha value is -2.14. The number of carbonyl (C=O) groups excluding carboxylic acids is 1. The standard InChI is InChI=1S/C18H21NO4/c1-12-3-4-15-14(10-17(20)23-16(15)9-12)11-19-7-5-13(6-8-19)18(21)22-2/h3-4,9-10,13H,5-8,11H2,1-2H3/p+1. The third-order valence-corrected chi connectivity index (χ3v) is 4.65. The minimum Gasteiger partial charge on any atom is -0.469 e. The molecule has 0 saturated carbocycles. The fourth-order valence-corrected chi connectivity index (χ4v) is 3.36. The van der Waals surface area contributed by atoms with Gasteiger partial charge in [0.05, 0.1) is 26.1 Å². The van der Waals surface area contributed by atoms with E-state index < -0.39 is 0 Å². The molecule has 23 heavy (non-hydrogen) atoms. The van der Waals surface area contributed by atoms with Gasteiger partial charge in [-0.25, -0.2) is 4.79 Å². The predicted octanol–water partition coefficient (Wildman–Crippen LogP) is 1.07. The van der Waals surface area contributed by atoms with Gasteiger partial charge in [-0.3, -0.25) is 4.79 Å². The number of nitrogens with one attached hydrogen (secondary N) is 1. The molecule has 0 aliphatic carbocycles. The maximum atomic E-state index is 11.8. The van der Waals surface area contributed by atoms with Crippen molar-refractivity contribution in [3.05, 3.63) is 45.8 Å². The Morgan fingerprint density at radius 2 is 2.04 bits per heavy atom. The molecule has 0 bridgehead atoms. The number of carbonyl (C=O) groups is 1. The number of hydrogen-bond acceptors (Lipinski definition) is 4. The maximum Gasteiger partial charge on any atom is 0.336 e. The molecular formula is C18H22NO4+. The molecule has 122 valence electrons. The summed E-state index contributed by atoms with van der Waals surface area (Å²) in [5.74, 6) is -0.0886. The molecule has 1 saturated heterocycles. The maximum absolute atomic E-state index is 11.8. The monoisotopic (exact) mass is 316 g/mol. The van der Waals surface area contributed by atoms with Crippen LogP contribution < -0.4 is 10.5 Å². The van der Waals surface area contributed by atoms with Crippen LogP contribution in [0.1, 0.15) is 24.0 Å². The lowest BCUT2D eigenvalue weighted by Crippen LogP contribution is -3.11. The summed E-state index contributed by atoms with van der Waals surface area (Å²) >= 11 is 0. The summed E-state index contributed by atoms with van der Waals surface area (Å²) in [5, 5.41) is 0.998. The second-order valence-electron chi connectivity index (χ2n) is 6.31. The Morgan fingerprint density at radius 1 is 1.30 bits per heavy atom. The molecule has 0 radical (unpaired) electrons. The fraction of sp³-hybridized carbons (Fsp3) is 0.444. The van der Waals surface area contributed by atoms with E-state index in [2.05, 4.69) is 0 Å². The number of ether oxygens (including phenoxy) is 1. The van der Waals surface area contributed by atoms with Crippen LogP contribution in [0.2, 0.25) is 0 Å². The Balaban J connectivity index is 1.78. The van der Waals surface area contributed by atoms with Gasteiger partial charge in [-0.2, -0.15) is 0 Å². The summed E-state index contributed by atoms with van der Waals surface area (Å²) in [7, 11) is 1.44. The van der Waals surface area contributed by atoms with Gasteiger partial charge in [0.2, 0.25) is 0 Å². The average Bonchev–Trinajstić information content (AvgIpc) is 2.54. The van der Waals surface area contributed by atoms with Crippen molar-refractivity contribution in [3.8, 4) is 0 Å². The molecule has 1 fully saturated rings. The summed E-state index contributed by atoms with van der Waals surface area (Å²) in [6, 6.07) is 7.55. The van der Waals surface area contributed by atoms with Crippen LogP contribution in [0.15, 0.2) is 33.5 Å². The van der Waals surface area contributed by atoms with Gasteiger partial charge in [0.15, 0.2) is 0 Å². The lowest BCUT2D eigenvalue weighted by Gasteiger charge is -2.28. The van der Waals surface area contributed by atoms with Crippen molar-refractivity contribution in [1.29, 1.82) is 0 Å². The molecule has 1 aromatic carbocycles. The summed E-state index contributed by atoms with van der Waals surface area (Å²) in [6.45, 7) is 4.58. The predicted molar refractivity (Wildman–Crippen MR) is 86.4 cm³/mol. The average molecular weight is 316 g/mol. The first kappa shape index (κ1) is 15.7. The van der Waals surface area contributed by atoms with Crippen molar-refractivity contribution >= 4 is 16.9 Å². The van der Waals surface area contributed by atoms with Crippen molar-refractivity contribution in [3.63, 3.8) is 0 Å². The van der Waals surface area contributed by atoms with E-state index >= 15 is 0 Å². The topological polar surface area (TPSA) is 61.0 Å². The van der Waals surface area contributed by atoms with Crippen LogP contribution >= 0.6 is 0 Å². The Labute approximate surface area is 134 Å². The molecule has 1 aliphatic rings. The number of methoxy groups -OCH3 is 1. The molecule has 1 aromatic heterocycles. The Bertz CT molecular complexity index is 772. The number of fused-ring (bicyclic) bond motifs is 1. The van der Waals surface area contributed by atoms with Gasteiger partial charge in [0, 0.05) is 29.9 Å². The molecule has 2 aromatic rings. The van der Waals surface area contributed by atoms with E-state index in [1.807, 2.05) is 25.1 Å². The van der Waals surface area contributed by atoms with E-state index in [0.29, 0.717) is 5.58 Å². The van der Waals surface area contributed by atoms with Gasteiger partial charge >= 0.3 is 11.6 Å². The zero-order valence-corrected chi connectivity index (χ0v) is 13.6. The van der Waals surface area contributed by atoms with E-state index in [1.54, 1.807) is 6.07 Å². The highest BCUT2D eigenvalue weighted by Gasteiger charge is 2.28. The second kappa shape index (κ2) is 6.54. The summed E-state index contributed by atoms with van der Waals surface area (Å²) in [5.41, 5.74) is 2.44. The zero-order chi connectivity index (χ0) is 16.4. The van der Waals surface area contributed by atoms with Crippen molar-refractivity contribution in [2.75, 3.05) is 20.2 Å². The van der Waals surface area contributed by atoms with E-state index in [-0.39, 0.29) is 17.5 Å². The number of likely N-dealkylation sites (tertiary alicyclic amines) is 1. The third-order valence-electron chi connectivity index (χ3n) is 4.65. The minimum atomic E-state index is -0.304. The first-order valence-corrected chi connectivity index (χ1v) is 8.01. The lowest BCUT2D eigenvalue weighted by atomic mass is 9.96. The van der Waals surface area contributed by atoms with Crippen molar-refractivity contribution in [1.82, 2.24) is 0 Å². The van der Waals surface area contributed by atoms with E-state index in [4.69, 9.17) is 9.15 Å². The highest BCUT2D eigenvalue weighted by Crippen LogP contribution is 2.18. The van der Waals surface area contributed by atoms with Crippen molar-refractivity contribution in [2.45, 2.75) is 26.3 Å². The van der Waals surface area contributed by atoms with Crippen molar-refractivity contribution in [2.24, 2.45) is 5.92 Å². The first-order chi connectivity index (χ1) is 11.1. The van der Waals surface area contributed by atoms with Gasteiger partial charge in [0.1, 0.15) is 12.1 Å². The third kappa shape index (κ3) is 3.45. The molecule has 0 amide bonds. The number of hydrogen-bond donors (Lipinski definition) is 1. The first-order valence-electron chi connectivity index (χ1n) is 8.01. The van der Waals surface area contributed by atoms with Crippen LogP contribution in [0.3, 0.4) is 0 Å². The molecule has 0 spiro atoms. The van der Waals surface area contributed by atoms with Crippen LogP contribution in [-0.2, 0) is 16.1 Å². The second-order valence-corrected chi connectivity index (χ2v) is 6.31. The molecule has 5 heteroatoms. The highest BCUT2D eigenvalue weighted by molar-refractivity contribution is 5.80.